The minimum atomic E-state index is -3.92. The Bertz CT molecular complexity index is 810. The van der Waals surface area contributed by atoms with Crippen molar-refractivity contribution in [3.8, 4) is 11.8 Å². The number of hydrogen-bond acceptors (Lipinski definition) is 4. The maximum absolute atomic E-state index is 13.0. The van der Waals surface area contributed by atoms with Crippen LogP contribution in [0, 0.1) is 17.7 Å². The highest BCUT2D eigenvalue weighted by molar-refractivity contribution is 7.92. The Hall–Kier alpha value is -2.43. The number of pyridine rings is 1. The summed E-state index contributed by atoms with van der Waals surface area (Å²) in [6, 6.07) is 7.21. The molecule has 7 heteroatoms. The number of aromatic nitrogens is 1. The fourth-order valence-corrected chi connectivity index (χ4v) is 2.58. The van der Waals surface area contributed by atoms with Gasteiger partial charge in [0.1, 0.15) is 17.3 Å². The molecule has 0 spiro atoms. The maximum atomic E-state index is 13.0. The number of benzene rings is 1. The van der Waals surface area contributed by atoms with Crippen LogP contribution in [0.15, 0.2) is 47.6 Å². The van der Waals surface area contributed by atoms with Crippen LogP contribution in [0.4, 0.5) is 10.1 Å². The monoisotopic (exact) mass is 306 g/mol. The zero-order valence-electron chi connectivity index (χ0n) is 10.7. The van der Waals surface area contributed by atoms with E-state index in [1.54, 1.807) is 12.1 Å². The van der Waals surface area contributed by atoms with Crippen LogP contribution in [0.3, 0.4) is 0 Å². The molecular formula is C14H11FN2O3S. The first-order valence-corrected chi connectivity index (χ1v) is 7.33. The van der Waals surface area contributed by atoms with E-state index in [1.807, 2.05) is 0 Å². The van der Waals surface area contributed by atoms with Crippen molar-refractivity contribution in [1.29, 1.82) is 0 Å². The lowest BCUT2D eigenvalue weighted by molar-refractivity contribution is 0.350. The van der Waals surface area contributed by atoms with Crippen LogP contribution in [0.1, 0.15) is 5.56 Å². The Morgan fingerprint density at radius 2 is 2.10 bits per heavy atom. The molecule has 2 rings (SSSR count). The summed E-state index contributed by atoms with van der Waals surface area (Å²) in [5, 5.41) is 8.63. The number of aliphatic hydroxyl groups excluding tert-OH is 1. The molecule has 0 fully saturated rings. The third-order valence-electron chi connectivity index (χ3n) is 2.42. The lowest BCUT2D eigenvalue weighted by atomic mass is 10.2. The summed E-state index contributed by atoms with van der Waals surface area (Å²) in [4.78, 5) is 3.24. The van der Waals surface area contributed by atoms with Crippen molar-refractivity contribution in [2.75, 3.05) is 11.3 Å². The van der Waals surface area contributed by atoms with Crippen molar-refractivity contribution in [2.24, 2.45) is 0 Å². The van der Waals surface area contributed by atoms with Crippen LogP contribution in [0.5, 0.6) is 0 Å². The molecule has 2 aromatic rings. The summed E-state index contributed by atoms with van der Waals surface area (Å²) in [5.41, 5.74) is 0.825. The van der Waals surface area contributed by atoms with Crippen molar-refractivity contribution in [1.82, 2.24) is 4.98 Å². The number of hydrogen-bond donors (Lipinski definition) is 2. The largest absolute Gasteiger partial charge is 0.384 e. The van der Waals surface area contributed by atoms with Crippen LogP contribution in [-0.2, 0) is 10.0 Å². The Kier molecular flexibility index (Phi) is 4.52. The SMILES string of the molecule is O=S(=O)(Nc1cccc(C#CCO)c1)c1cncc(F)c1. The number of halogens is 1. The van der Waals surface area contributed by atoms with Crippen LogP contribution in [0.25, 0.3) is 0 Å². The van der Waals surface area contributed by atoms with Gasteiger partial charge in [-0.3, -0.25) is 9.71 Å². The molecule has 1 heterocycles. The van der Waals surface area contributed by atoms with Crippen LogP contribution in [-0.4, -0.2) is 25.1 Å². The fraction of sp³-hybridized carbons (Fsp3) is 0.0714. The fourth-order valence-electron chi connectivity index (χ4n) is 1.56. The first kappa shape index (κ1) is 15.0. The van der Waals surface area contributed by atoms with E-state index in [2.05, 4.69) is 21.5 Å². The number of aliphatic hydroxyl groups is 1. The second kappa shape index (κ2) is 6.35. The molecule has 0 aliphatic heterocycles. The van der Waals surface area contributed by atoms with Gasteiger partial charge in [-0.2, -0.15) is 0 Å². The highest BCUT2D eigenvalue weighted by atomic mass is 32.2. The number of rotatable bonds is 3. The first-order chi connectivity index (χ1) is 10.0. The van der Waals surface area contributed by atoms with E-state index in [-0.39, 0.29) is 17.2 Å². The number of nitrogens with one attached hydrogen (secondary N) is 1. The Balaban J connectivity index is 2.29. The molecule has 0 saturated carbocycles. The van der Waals surface area contributed by atoms with Gasteiger partial charge in [0.15, 0.2) is 0 Å². The van der Waals surface area contributed by atoms with Gasteiger partial charge >= 0.3 is 0 Å². The summed E-state index contributed by atoms with van der Waals surface area (Å²) >= 11 is 0. The van der Waals surface area contributed by atoms with Crippen molar-refractivity contribution in [3.05, 3.63) is 54.1 Å². The second-order valence-electron chi connectivity index (χ2n) is 3.99. The molecule has 0 amide bonds. The van der Waals surface area contributed by atoms with Crippen molar-refractivity contribution < 1.29 is 17.9 Å². The van der Waals surface area contributed by atoms with Crippen molar-refractivity contribution >= 4 is 15.7 Å². The number of anilines is 1. The summed E-state index contributed by atoms with van der Waals surface area (Å²) in [5.74, 6) is 4.39. The highest BCUT2D eigenvalue weighted by Crippen LogP contribution is 2.16. The Morgan fingerprint density at radius 3 is 2.81 bits per heavy atom. The molecule has 0 radical (unpaired) electrons. The molecule has 0 unspecified atom stereocenters. The topological polar surface area (TPSA) is 79.3 Å². The van der Waals surface area contributed by atoms with Gasteiger partial charge in [0.25, 0.3) is 10.0 Å². The van der Waals surface area contributed by atoms with E-state index in [0.717, 1.165) is 18.5 Å². The predicted molar refractivity (Wildman–Crippen MR) is 75.4 cm³/mol. The third kappa shape index (κ3) is 4.02. The number of nitrogens with zero attached hydrogens (tertiary/aromatic N) is 1. The molecule has 1 aromatic carbocycles. The van der Waals surface area contributed by atoms with E-state index in [9.17, 15) is 12.8 Å². The highest BCUT2D eigenvalue weighted by Gasteiger charge is 2.15. The van der Waals surface area contributed by atoms with Gasteiger partial charge in [-0.05, 0) is 24.3 Å². The van der Waals surface area contributed by atoms with Crippen LogP contribution >= 0.6 is 0 Å². The van der Waals surface area contributed by atoms with E-state index >= 15 is 0 Å². The molecule has 0 aliphatic carbocycles. The minimum absolute atomic E-state index is 0.269. The van der Waals surface area contributed by atoms with E-state index in [0.29, 0.717) is 5.56 Å². The molecule has 21 heavy (non-hydrogen) atoms. The molecule has 0 aliphatic rings. The molecule has 2 N–H and O–H groups in total. The first-order valence-electron chi connectivity index (χ1n) is 5.84. The second-order valence-corrected chi connectivity index (χ2v) is 5.67. The van der Waals surface area contributed by atoms with Crippen LogP contribution < -0.4 is 4.72 Å². The minimum Gasteiger partial charge on any atom is -0.384 e. The molecule has 0 atom stereocenters. The molecule has 1 aromatic heterocycles. The van der Waals surface area contributed by atoms with Gasteiger partial charge in [-0.1, -0.05) is 17.9 Å². The zero-order valence-corrected chi connectivity index (χ0v) is 11.6. The Labute approximate surface area is 121 Å². The number of sulfonamides is 1. The average molecular weight is 306 g/mol. The van der Waals surface area contributed by atoms with Gasteiger partial charge in [-0.15, -0.1) is 0 Å². The van der Waals surface area contributed by atoms with Gasteiger partial charge in [0.05, 0.1) is 11.9 Å². The lowest BCUT2D eigenvalue weighted by Crippen LogP contribution is -2.13. The summed E-state index contributed by atoms with van der Waals surface area (Å²) in [7, 11) is -3.92. The average Bonchev–Trinajstić information content (AvgIpc) is 2.45. The van der Waals surface area contributed by atoms with E-state index < -0.39 is 15.8 Å². The van der Waals surface area contributed by atoms with E-state index in [1.165, 1.54) is 12.1 Å². The molecule has 108 valence electrons. The summed E-state index contributed by atoms with van der Waals surface area (Å²) < 4.78 is 39.5. The van der Waals surface area contributed by atoms with E-state index in [4.69, 9.17) is 5.11 Å². The van der Waals surface area contributed by atoms with Crippen molar-refractivity contribution in [3.63, 3.8) is 0 Å². The smallest absolute Gasteiger partial charge is 0.263 e. The van der Waals surface area contributed by atoms with Gasteiger partial charge in [0.2, 0.25) is 0 Å². The quantitative estimate of drug-likeness (QED) is 0.839. The third-order valence-corrected chi connectivity index (χ3v) is 3.76. The summed E-state index contributed by atoms with van der Waals surface area (Å²) in [6.07, 6.45) is 1.98. The van der Waals surface area contributed by atoms with Gasteiger partial charge in [0, 0.05) is 11.8 Å². The molecule has 0 bridgehead atoms. The molecular weight excluding hydrogens is 295 g/mol. The predicted octanol–water partition coefficient (Wildman–Crippen LogP) is 1.37. The van der Waals surface area contributed by atoms with Crippen LogP contribution in [0.2, 0.25) is 0 Å². The normalized spacial score (nSPS) is 10.6. The Morgan fingerprint density at radius 1 is 1.29 bits per heavy atom. The summed E-state index contributed by atoms with van der Waals surface area (Å²) in [6.45, 7) is -0.287. The van der Waals surface area contributed by atoms with Crippen molar-refractivity contribution in [2.45, 2.75) is 4.90 Å². The van der Waals surface area contributed by atoms with Gasteiger partial charge in [-0.25, -0.2) is 12.8 Å². The standard InChI is InChI=1S/C14H11FN2O3S/c15-12-8-14(10-16-9-12)21(19,20)17-13-5-1-3-11(7-13)4-2-6-18/h1,3,5,7-10,17-18H,6H2. The molecule has 0 saturated heterocycles. The lowest BCUT2D eigenvalue weighted by Gasteiger charge is -2.08. The maximum Gasteiger partial charge on any atom is 0.263 e. The van der Waals surface area contributed by atoms with Gasteiger partial charge < -0.3 is 5.11 Å². The molecule has 5 nitrogen and oxygen atoms in total. The zero-order chi connectivity index (χ0) is 15.3.